The van der Waals surface area contributed by atoms with Gasteiger partial charge in [0.2, 0.25) is 5.91 Å². The summed E-state index contributed by atoms with van der Waals surface area (Å²) in [6.45, 7) is 10.2. The van der Waals surface area contributed by atoms with Gasteiger partial charge in [0.05, 0.1) is 25.1 Å². The lowest BCUT2D eigenvalue weighted by Gasteiger charge is -2.32. The highest BCUT2D eigenvalue weighted by Crippen LogP contribution is 2.33. The fourth-order valence-electron chi connectivity index (χ4n) is 6.22. The molecule has 4 aromatic rings. The average molecular weight is 668 g/mol. The molecule has 260 valence electrons. The van der Waals surface area contributed by atoms with Gasteiger partial charge in [0.1, 0.15) is 11.5 Å². The summed E-state index contributed by atoms with van der Waals surface area (Å²) in [6, 6.07) is 18.7. The minimum Gasteiger partial charge on any atom is -0.495 e. The summed E-state index contributed by atoms with van der Waals surface area (Å²) in [6.07, 6.45) is 5.08. The standard InChI is InChI=1S/C39H49N5O5/c1-27(2)44-19-18-30-31(11-10-12-33(30)44)38(46)40-32-16-15-29(26-35(32)48-6)39(47)42(5)34-17-14-28(3)25-36(34)49-24-9-7-8-13-37(45)43-22-20-41(4)21-23-43/h10-12,14-19,25-27H,7-9,13,20-24H2,1-6H3,(H,40,46). The number of carbonyl (C=O) groups is 3. The van der Waals surface area contributed by atoms with E-state index in [2.05, 4.69) is 35.7 Å². The van der Waals surface area contributed by atoms with Crippen molar-refractivity contribution < 1.29 is 23.9 Å². The molecule has 1 aliphatic rings. The first kappa shape index (κ1) is 35.5. The Morgan fingerprint density at radius 1 is 0.918 bits per heavy atom. The van der Waals surface area contributed by atoms with Gasteiger partial charge in [-0.2, -0.15) is 0 Å². The molecule has 3 amide bonds. The second-order valence-electron chi connectivity index (χ2n) is 13.1. The molecule has 1 saturated heterocycles. The van der Waals surface area contributed by atoms with Gasteiger partial charge < -0.3 is 34.1 Å². The Bertz CT molecular complexity index is 1790. The van der Waals surface area contributed by atoms with E-state index in [1.54, 1.807) is 36.2 Å². The summed E-state index contributed by atoms with van der Waals surface area (Å²) >= 11 is 0. The van der Waals surface area contributed by atoms with Gasteiger partial charge >= 0.3 is 0 Å². The molecule has 0 spiro atoms. The minimum atomic E-state index is -0.260. The van der Waals surface area contributed by atoms with E-state index in [-0.39, 0.29) is 23.8 Å². The Hall–Kier alpha value is -4.83. The number of ether oxygens (including phenoxy) is 2. The first-order valence-corrected chi connectivity index (χ1v) is 17.1. The summed E-state index contributed by atoms with van der Waals surface area (Å²) in [5.74, 6) is 0.737. The third-order valence-corrected chi connectivity index (χ3v) is 9.19. The second-order valence-corrected chi connectivity index (χ2v) is 13.1. The van der Waals surface area contributed by atoms with Crippen LogP contribution in [0, 0.1) is 6.92 Å². The number of benzene rings is 3. The van der Waals surface area contributed by atoms with Gasteiger partial charge in [-0.3, -0.25) is 14.4 Å². The zero-order chi connectivity index (χ0) is 35.1. The fourth-order valence-corrected chi connectivity index (χ4v) is 6.22. The van der Waals surface area contributed by atoms with E-state index in [0.29, 0.717) is 47.0 Å². The Kier molecular flexibility index (Phi) is 11.6. The number of amides is 3. The molecule has 49 heavy (non-hydrogen) atoms. The maximum atomic E-state index is 13.7. The summed E-state index contributed by atoms with van der Waals surface area (Å²) in [7, 11) is 5.32. The van der Waals surface area contributed by atoms with E-state index in [9.17, 15) is 14.4 Å². The number of piperazine rings is 1. The molecule has 3 aromatic carbocycles. The lowest BCUT2D eigenvalue weighted by atomic mass is 10.1. The number of likely N-dealkylation sites (N-methyl/N-ethyl adjacent to an activating group) is 1. The van der Waals surface area contributed by atoms with Crippen LogP contribution in [0.4, 0.5) is 11.4 Å². The van der Waals surface area contributed by atoms with Crippen molar-refractivity contribution in [1.29, 1.82) is 0 Å². The fraction of sp³-hybridized carbons (Fsp3) is 0.410. The highest BCUT2D eigenvalue weighted by Gasteiger charge is 2.22. The Morgan fingerprint density at radius 3 is 2.43 bits per heavy atom. The van der Waals surface area contributed by atoms with Crippen LogP contribution < -0.4 is 19.7 Å². The highest BCUT2D eigenvalue weighted by atomic mass is 16.5. The summed E-state index contributed by atoms with van der Waals surface area (Å²) < 4.78 is 13.9. The number of anilines is 2. The van der Waals surface area contributed by atoms with Crippen molar-refractivity contribution in [3.05, 3.63) is 83.6 Å². The molecular weight excluding hydrogens is 618 g/mol. The molecule has 0 aliphatic carbocycles. The van der Waals surface area contributed by atoms with E-state index < -0.39 is 0 Å². The van der Waals surface area contributed by atoms with E-state index in [4.69, 9.17) is 9.47 Å². The van der Waals surface area contributed by atoms with Crippen LogP contribution in [0.3, 0.4) is 0 Å². The molecule has 1 fully saturated rings. The van der Waals surface area contributed by atoms with E-state index in [1.807, 2.05) is 54.4 Å². The van der Waals surface area contributed by atoms with Gasteiger partial charge in [0.25, 0.3) is 11.8 Å². The zero-order valence-electron chi connectivity index (χ0n) is 29.6. The maximum Gasteiger partial charge on any atom is 0.258 e. The van der Waals surface area contributed by atoms with E-state index in [0.717, 1.165) is 61.9 Å². The molecule has 1 N–H and O–H groups in total. The first-order chi connectivity index (χ1) is 23.6. The number of fused-ring (bicyclic) bond motifs is 1. The number of unbranched alkanes of at least 4 members (excludes halogenated alkanes) is 2. The SMILES string of the molecule is COc1cc(C(=O)N(C)c2ccc(C)cc2OCCCCCC(=O)N2CCN(C)CC2)ccc1NC(=O)c1cccc2c1ccn2C(C)C. The molecule has 1 aromatic heterocycles. The van der Waals surface area contributed by atoms with Gasteiger partial charge in [0.15, 0.2) is 0 Å². The average Bonchev–Trinajstić information content (AvgIpc) is 3.54. The van der Waals surface area contributed by atoms with Crippen LogP contribution in [0.5, 0.6) is 11.5 Å². The molecule has 2 heterocycles. The van der Waals surface area contributed by atoms with Crippen LogP contribution in [-0.4, -0.2) is 86.1 Å². The number of carbonyl (C=O) groups excluding carboxylic acids is 3. The quantitative estimate of drug-likeness (QED) is 0.158. The molecule has 0 unspecified atom stereocenters. The predicted molar refractivity (Wildman–Crippen MR) is 195 cm³/mol. The van der Waals surface area contributed by atoms with E-state index >= 15 is 0 Å². The van der Waals surface area contributed by atoms with Crippen molar-refractivity contribution in [2.75, 3.05) is 64.2 Å². The lowest BCUT2D eigenvalue weighted by molar-refractivity contribution is -0.132. The monoisotopic (exact) mass is 667 g/mol. The number of hydrogen-bond donors (Lipinski definition) is 1. The van der Waals surface area contributed by atoms with Gasteiger partial charge in [0, 0.05) is 73.9 Å². The van der Waals surface area contributed by atoms with Crippen molar-refractivity contribution in [1.82, 2.24) is 14.4 Å². The van der Waals surface area contributed by atoms with Gasteiger partial charge in [-0.25, -0.2) is 0 Å². The molecule has 0 saturated carbocycles. The molecule has 10 heteroatoms. The van der Waals surface area contributed by atoms with Crippen molar-refractivity contribution in [3.63, 3.8) is 0 Å². The number of aryl methyl sites for hydroxylation is 1. The molecular formula is C39H49N5O5. The van der Waals surface area contributed by atoms with Crippen molar-refractivity contribution in [3.8, 4) is 11.5 Å². The molecule has 10 nitrogen and oxygen atoms in total. The number of rotatable bonds is 13. The van der Waals surface area contributed by atoms with Crippen LogP contribution in [0.15, 0.2) is 66.9 Å². The number of nitrogens with one attached hydrogen (secondary N) is 1. The Labute approximate surface area is 289 Å². The largest absolute Gasteiger partial charge is 0.495 e. The molecule has 5 rings (SSSR count). The zero-order valence-corrected chi connectivity index (χ0v) is 29.6. The third kappa shape index (κ3) is 8.43. The normalized spacial score (nSPS) is 13.5. The van der Waals surface area contributed by atoms with Gasteiger partial charge in [-0.05, 0) is 101 Å². The van der Waals surface area contributed by atoms with Gasteiger partial charge in [-0.15, -0.1) is 0 Å². The van der Waals surface area contributed by atoms with Crippen molar-refractivity contribution in [2.45, 2.75) is 52.5 Å². The van der Waals surface area contributed by atoms with Crippen LogP contribution in [0.2, 0.25) is 0 Å². The highest BCUT2D eigenvalue weighted by molar-refractivity contribution is 6.13. The molecule has 0 radical (unpaired) electrons. The smallest absolute Gasteiger partial charge is 0.258 e. The number of nitrogens with zero attached hydrogens (tertiary/aromatic N) is 4. The van der Waals surface area contributed by atoms with Gasteiger partial charge in [-0.1, -0.05) is 12.1 Å². The molecule has 0 atom stereocenters. The third-order valence-electron chi connectivity index (χ3n) is 9.19. The Morgan fingerprint density at radius 2 is 1.69 bits per heavy atom. The summed E-state index contributed by atoms with van der Waals surface area (Å²) in [5, 5.41) is 3.84. The topological polar surface area (TPSA) is 96.3 Å². The van der Waals surface area contributed by atoms with Crippen LogP contribution in [0.25, 0.3) is 10.9 Å². The predicted octanol–water partition coefficient (Wildman–Crippen LogP) is 6.78. The van der Waals surface area contributed by atoms with Crippen molar-refractivity contribution >= 4 is 40.0 Å². The molecule has 1 aliphatic heterocycles. The maximum absolute atomic E-state index is 13.7. The number of hydrogen-bond acceptors (Lipinski definition) is 6. The molecule has 0 bridgehead atoms. The first-order valence-electron chi connectivity index (χ1n) is 17.1. The van der Waals surface area contributed by atoms with Crippen LogP contribution in [0.1, 0.15) is 71.9 Å². The lowest BCUT2D eigenvalue weighted by Crippen LogP contribution is -2.47. The minimum absolute atomic E-state index is 0.233. The Balaban J connectivity index is 1.20. The number of aromatic nitrogens is 1. The van der Waals surface area contributed by atoms with Crippen molar-refractivity contribution in [2.24, 2.45) is 0 Å². The summed E-state index contributed by atoms with van der Waals surface area (Å²) in [4.78, 5) is 45.5. The van der Waals surface area contributed by atoms with Crippen LogP contribution >= 0.6 is 0 Å². The second kappa shape index (κ2) is 16.0. The number of methoxy groups -OCH3 is 1. The summed E-state index contributed by atoms with van der Waals surface area (Å²) in [5.41, 5.74) is 4.10. The van der Waals surface area contributed by atoms with E-state index in [1.165, 1.54) is 7.11 Å². The van der Waals surface area contributed by atoms with Crippen LogP contribution in [-0.2, 0) is 4.79 Å².